The van der Waals surface area contributed by atoms with Crippen molar-refractivity contribution >= 4 is 32.9 Å². The predicted octanol–water partition coefficient (Wildman–Crippen LogP) is 4.02. The Bertz CT molecular complexity index is 1050. The molecule has 0 unspecified atom stereocenters. The second kappa shape index (κ2) is 5.83. The van der Waals surface area contributed by atoms with Crippen LogP contribution in [0.25, 0.3) is 27.6 Å². The van der Waals surface area contributed by atoms with Gasteiger partial charge in [-0.2, -0.15) is 0 Å². The molecule has 0 atom stereocenters. The monoisotopic (exact) mass is 389 g/mol. The van der Waals surface area contributed by atoms with Gasteiger partial charge in [-0.1, -0.05) is 18.2 Å². The molecule has 0 fully saturated rings. The number of sulfonamides is 1. The van der Waals surface area contributed by atoms with Crippen molar-refractivity contribution in [1.82, 2.24) is 4.98 Å². The van der Waals surface area contributed by atoms with Crippen LogP contribution in [0.5, 0.6) is 0 Å². The zero-order valence-corrected chi connectivity index (χ0v) is 17.1. The average molecular weight is 391 g/mol. The van der Waals surface area contributed by atoms with E-state index >= 15 is 0 Å². The van der Waals surface area contributed by atoms with Crippen LogP contribution in [0.15, 0.2) is 45.7 Å². The summed E-state index contributed by atoms with van der Waals surface area (Å²) in [6.45, 7) is 4.02. The standard InChI is InChI=1S/C17H13N2O3S.Zn/c1-10-7-14-15(8-11(10)2)22-17(18-14)9-13-12-5-3-4-6-16(12)23(20,21)19-13;/h3-9H,1-2H3;/q-1;/b13-9-;. The average Bonchev–Trinajstić information content (AvgIpc) is 2.99. The zero-order valence-electron chi connectivity index (χ0n) is 13.3. The maximum Gasteiger partial charge on any atom is 0.218 e. The fourth-order valence-corrected chi connectivity index (χ4v) is 3.82. The molecule has 1 aliphatic heterocycles. The molecular formula is C17H13N2O3SZn-. The van der Waals surface area contributed by atoms with E-state index < -0.39 is 10.0 Å². The van der Waals surface area contributed by atoms with Crippen LogP contribution in [0.2, 0.25) is 0 Å². The summed E-state index contributed by atoms with van der Waals surface area (Å²) >= 11 is 0. The number of nitrogens with zero attached hydrogens (tertiary/aromatic N) is 2. The van der Waals surface area contributed by atoms with E-state index in [-0.39, 0.29) is 24.4 Å². The van der Waals surface area contributed by atoms with Crippen LogP contribution in [0.4, 0.5) is 0 Å². The summed E-state index contributed by atoms with van der Waals surface area (Å²) in [5.41, 5.74) is 4.58. The first-order valence-electron chi connectivity index (χ1n) is 7.11. The van der Waals surface area contributed by atoms with Crippen molar-refractivity contribution < 1.29 is 32.3 Å². The summed E-state index contributed by atoms with van der Waals surface area (Å²) in [6.07, 6.45) is 1.56. The molecule has 4 rings (SSSR count). The fourth-order valence-electron chi connectivity index (χ4n) is 2.61. The Morgan fingerprint density at radius 1 is 1.12 bits per heavy atom. The minimum atomic E-state index is -3.63. The van der Waals surface area contributed by atoms with Gasteiger partial charge in [0.2, 0.25) is 5.89 Å². The van der Waals surface area contributed by atoms with Crippen LogP contribution in [-0.2, 0) is 29.5 Å². The van der Waals surface area contributed by atoms with Crippen LogP contribution >= 0.6 is 0 Å². The van der Waals surface area contributed by atoms with Gasteiger partial charge in [-0.15, -0.1) is 5.70 Å². The van der Waals surface area contributed by atoms with Gasteiger partial charge in [-0.05, 0) is 54.8 Å². The molecule has 118 valence electrons. The first-order chi connectivity index (χ1) is 10.9. The van der Waals surface area contributed by atoms with Crippen LogP contribution in [-0.4, -0.2) is 13.4 Å². The van der Waals surface area contributed by atoms with E-state index in [2.05, 4.69) is 9.71 Å². The molecule has 5 nitrogen and oxygen atoms in total. The van der Waals surface area contributed by atoms with E-state index in [1.807, 2.05) is 26.0 Å². The molecule has 0 aliphatic carbocycles. The van der Waals surface area contributed by atoms with Crippen LogP contribution < -0.4 is 0 Å². The van der Waals surface area contributed by atoms with Crippen molar-refractivity contribution in [3.05, 3.63) is 63.7 Å². The van der Waals surface area contributed by atoms with Gasteiger partial charge in [0, 0.05) is 19.5 Å². The van der Waals surface area contributed by atoms with E-state index in [0.717, 1.165) is 16.6 Å². The minimum Gasteiger partial charge on any atom is -0.572 e. The van der Waals surface area contributed by atoms with Crippen molar-refractivity contribution in [2.24, 2.45) is 0 Å². The Hall–Kier alpha value is -1.98. The largest absolute Gasteiger partial charge is 0.572 e. The van der Waals surface area contributed by atoms with Gasteiger partial charge >= 0.3 is 0 Å². The molecule has 0 saturated heterocycles. The second-order valence-electron chi connectivity index (χ2n) is 5.55. The number of benzene rings is 2. The Balaban J connectivity index is 0.00000169. The summed E-state index contributed by atoms with van der Waals surface area (Å²) in [7, 11) is -3.63. The topological polar surface area (TPSA) is 74.3 Å². The summed E-state index contributed by atoms with van der Waals surface area (Å²) in [6, 6.07) is 10.6. The van der Waals surface area contributed by atoms with E-state index in [1.54, 1.807) is 30.3 Å². The molecule has 0 spiro atoms. The zero-order chi connectivity index (χ0) is 16.2. The summed E-state index contributed by atoms with van der Waals surface area (Å²) < 4.78 is 33.6. The number of rotatable bonds is 1. The van der Waals surface area contributed by atoms with Crippen LogP contribution in [0, 0.1) is 13.8 Å². The van der Waals surface area contributed by atoms with E-state index in [1.165, 1.54) is 0 Å². The molecule has 2 aromatic carbocycles. The van der Waals surface area contributed by atoms with E-state index in [4.69, 9.17) is 4.42 Å². The van der Waals surface area contributed by atoms with Crippen molar-refractivity contribution in [3.63, 3.8) is 0 Å². The van der Waals surface area contributed by atoms with Gasteiger partial charge in [-0.3, -0.25) is 0 Å². The van der Waals surface area contributed by atoms with Crippen molar-refractivity contribution in [1.29, 1.82) is 0 Å². The third-order valence-corrected chi connectivity index (χ3v) is 5.29. The normalized spacial score (nSPS) is 16.7. The molecule has 1 aliphatic rings. The molecule has 3 aromatic rings. The van der Waals surface area contributed by atoms with Crippen molar-refractivity contribution in [2.45, 2.75) is 18.7 Å². The van der Waals surface area contributed by atoms with Crippen LogP contribution in [0.3, 0.4) is 0 Å². The summed E-state index contributed by atoms with van der Waals surface area (Å²) in [4.78, 5) is 4.62. The number of hydrogen-bond acceptors (Lipinski definition) is 4. The Kier molecular flexibility index (Phi) is 4.10. The molecule has 0 N–H and O–H groups in total. The van der Waals surface area contributed by atoms with Gasteiger partial charge in [0.05, 0.1) is 4.90 Å². The molecule has 1 aromatic heterocycles. The number of aryl methyl sites for hydroxylation is 2. The van der Waals surface area contributed by atoms with Crippen molar-refractivity contribution in [3.8, 4) is 0 Å². The number of oxazole rings is 1. The smallest absolute Gasteiger partial charge is 0.218 e. The third kappa shape index (κ3) is 2.68. The molecule has 0 bridgehead atoms. The van der Waals surface area contributed by atoms with Crippen LogP contribution in [0.1, 0.15) is 22.6 Å². The Morgan fingerprint density at radius 2 is 1.83 bits per heavy atom. The third-order valence-electron chi connectivity index (χ3n) is 3.94. The Labute approximate surface area is 152 Å². The SMILES string of the molecule is Cc1cc2nc(/C=C3\[N-]S(=O)(=O)c4ccccc43)oc2cc1C.[Zn]. The number of hydrogen-bond donors (Lipinski definition) is 0. The van der Waals surface area contributed by atoms with Crippen molar-refractivity contribution in [2.75, 3.05) is 0 Å². The quantitative estimate of drug-likeness (QED) is 0.588. The van der Waals surface area contributed by atoms with Gasteiger partial charge in [0.1, 0.15) is 15.5 Å². The molecule has 0 amide bonds. The summed E-state index contributed by atoms with van der Waals surface area (Å²) in [5.74, 6) is 0.343. The van der Waals surface area contributed by atoms with E-state index in [9.17, 15) is 8.42 Å². The summed E-state index contributed by atoms with van der Waals surface area (Å²) in [5, 5.41) is 0. The maximum absolute atomic E-state index is 12.1. The predicted molar refractivity (Wildman–Crippen MR) is 88.3 cm³/mol. The van der Waals surface area contributed by atoms with Gasteiger partial charge < -0.3 is 9.14 Å². The molecule has 0 radical (unpaired) electrons. The number of aromatic nitrogens is 1. The molecule has 2 heterocycles. The fraction of sp³-hybridized carbons (Fsp3) is 0.118. The molecule has 7 heteroatoms. The first kappa shape index (κ1) is 16.9. The van der Waals surface area contributed by atoms with Gasteiger partial charge in [0.25, 0.3) is 0 Å². The molecule has 0 saturated carbocycles. The Morgan fingerprint density at radius 3 is 2.62 bits per heavy atom. The molecule has 24 heavy (non-hydrogen) atoms. The first-order valence-corrected chi connectivity index (χ1v) is 8.55. The second-order valence-corrected chi connectivity index (χ2v) is 7.12. The number of fused-ring (bicyclic) bond motifs is 2. The molecular weight excluding hydrogens is 378 g/mol. The minimum absolute atomic E-state index is 0. The van der Waals surface area contributed by atoms with Gasteiger partial charge in [0.15, 0.2) is 5.58 Å². The van der Waals surface area contributed by atoms with Gasteiger partial charge in [-0.25, -0.2) is 13.4 Å². The van der Waals surface area contributed by atoms with E-state index in [0.29, 0.717) is 22.7 Å². The maximum atomic E-state index is 12.1.